The molecule has 1 N–H and O–H groups in total. The fourth-order valence-electron chi connectivity index (χ4n) is 2.91. The van der Waals surface area contributed by atoms with Crippen LogP contribution < -0.4 is 10.3 Å². The summed E-state index contributed by atoms with van der Waals surface area (Å²) < 4.78 is 0. The number of H-pyrrole nitrogens is 1. The number of carbonyl (C=O) groups excluding carboxylic acids is 2. The Balaban J connectivity index is 1.99. The number of para-hydroxylation sites is 1. The van der Waals surface area contributed by atoms with E-state index in [0.717, 1.165) is 10.4 Å². The van der Waals surface area contributed by atoms with Crippen molar-refractivity contribution in [3.63, 3.8) is 0 Å². The Hall–Kier alpha value is -2.95. The number of carbonyl (C=O) groups is 2. The number of fused-ring (bicyclic) bond motifs is 2. The molecule has 108 valence electrons. The maximum absolute atomic E-state index is 12.6. The van der Waals surface area contributed by atoms with Crippen molar-refractivity contribution in [2.75, 3.05) is 4.90 Å². The van der Waals surface area contributed by atoms with Gasteiger partial charge in [-0.2, -0.15) is 0 Å². The van der Waals surface area contributed by atoms with E-state index in [1.165, 1.54) is 0 Å². The van der Waals surface area contributed by atoms with E-state index in [9.17, 15) is 14.4 Å². The fourth-order valence-corrected chi connectivity index (χ4v) is 2.91. The number of anilines is 1. The molecule has 1 fully saturated rings. The number of nitrogens with zero attached hydrogens (tertiary/aromatic N) is 1. The summed E-state index contributed by atoms with van der Waals surface area (Å²) in [7, 11) is 0. The van der Waals surface area contributed by atoms with Crippen LogP contribution in [-0.4, -0.2) is 16.8 Å². The largest absolute Gasteiger partial charge is 0.354 e. The Morgan fingerprint density at radius 2 is 1.50 bits per heavy atom. The normalized spacial score (nSPS) is 15.2. The van der Waals surface area contributed by atoms with Crippen LogP contribution in [0.1, 0.15) is 12.8 Å². The van der Waals surface area contributed by atoms with Gasteiger partial charge in [-0.1, -0.05) is 12.1 Å². The first-order valence-electron chi connectivity index (χ1n) is 7.06. The molecule has 4 rings (SSSR count). The van der Waals surface area contributed by atoms with Crippen LogP contribution in [0, 0.1) is 0 Å². The number of amides is 2. The zero-order valence-electron chi connectivity index (χ0n) is 11.6. The quantitative estimate of drug-likeness (QED) is 0.553. The number of aromatic nitrogens is 1. The molecule has 0 unspecified atom stereocenters. The first-order chi connectivity index (χ1) is 10.6. The lowest BCUT2D eigenvalue weighted by molar-refractivity contribution is -0.121. The van der Waals surface area contributed by atoms with Gasteiger partial charge in [0.2, 0.25) is 11.8 Å². The van der Waals surface area contributed by atoms with Crippen molar-refractivity contribution < 1.29 is 9.59 Å². The Bertz CT molecular complexity index is 988. The highest BCUT2D eigenvalue weighted by Crippen LogP contribution is 2.25. The van der Waals surface area contributed by atoms with Gasteiger partial charge in [-0.15, -0.1) is 0 Å². The lowest BCUT2D eigenvalue weighted by atomic mass is 10.1. The third-order valence-corrected chi connectivity index (χ3v) is 4.00. The van der Waals surface area contributed by atoms with Gasteiger partial charge in [0.1, 0.15) is 0 Å². The van der Waals surface area contributed by atoms with Crippen LogP contribution in [0.15, 0.2) is 47.3 Å². The zero-order chi connectivity index (χ0) is 15.3. The summed E-state index contributed by atoms with van der Waals surface area (Å²) in [5.74, 6) is -0.442. The minimum Gasteiger partial charge on any atom is -0.354 e. The number of pyridine rings is 1. The van der Waals surface area contributed by atoms with Crippen molar-refractivity contribution in [2.45, 2.75) is 12.8 Å². The zero-order valence-corrected chi connectivity index (χ0v) is 11.6. The van der Waals surface area contributed by atoms with E-state index in [2.05, 4.69) is 4.98 Å². The standard InChI is InChI=1S/C17H12N2O3/c20-15-7-8-16(21)19(15)10-5-6-14-12(9-10)17(22)11-3-1-2-4-13(11)18-14/h1-6,9H,7-8H2,(H,18,22). The minimum atomic E-state index is -0.221. The average molecular weight is 292 g/mol. The highest BCUT2D eigenvalue weighted by atomic mass is 16.2. The van der Waals surface area contributed by atoms with Crippen LogP contribution in [-0.2, 0) is 9.59 Å². The van der Waals surface area contributed by atoms with Gasteiger partial charge in [0.05, 0.1) is 5.69 Å². The lowest BCUT2D eigenvalue weighted by Crippen LogP contribution is -2.28. The summed E-state index contributed by atoms with van der Waals surface area (Å²) in [6, 6.07) is 12.3. The Morgan fingerprint density at radius 1 is 0.818 bits per heavy atom. The minimum absolute atomic E-state index is 0.106. The SMILES string of the molecule is O=C1CCC(=O)N1c1ccc2[nH]c3ccccc3c(=O)c2c1. The smallest absolute Gasteiger partial charge is 0.234 e. The molecule has 0 aliphatic carbocycles. The van der Waals surface area contributed by atoms with E-state index in [-0.39, 0.29) is 30.1 Å². The summed E-state index contributed by atoms with van der Waals surface area (Å²) in [6.07, 6.45) is 0.454. The molecule has 0 radical (unpaired) electrons. The molecule has 0 spiro atoms. The molecule has 5 nitrogen and oxygen atoms in total. The van der Waals surface area contributed by atoms with Crippen molar-refractivity contribution in [2.24, 2.45) is 0 Å². The van der Waals surface area contributed by atoms with Crippen LogP contribution in [0.2, 0.25) is 0 Å². The first kappa shape index (κ1) is 12.8. The summed E-state index contributed by atoms with van der Waals surface area (Å²) >= 11 is 0. The molecule has 5 heteroatoms. The van der Waals surface area contributed by atoms with E-state index in [0.29, 0.717) is 22.0 Å². The van der Waals surface area contributed by atoms with Gasteiger partial charge in [0.25, 0.3) is 0 Å². The Morgan fingerprint density at radius 3 is 2.27 bits per heavy atom. The van der Waals surface area contributed by atoms with Gasteiger partial charge in [0.15, 0.2) is 5.43 Å². The number of aromatic amines is 1. The van der Waals surface area contributed by atoms with Gasteiger partial charge in [-0.25, -0.2) is 0 Å². The molecule has 2 amide bonds. The maximum atomic E-state index is 12.6. The van der Waals surface area contributed by atoms with Gasteiger partial charge < -0.3 is 4.98 Å². The van der Waals surface area contributed by atoms with Gasteiger partial charge in [-0.05, 0) is 30.3 Å². The molecule has 22 heavy (non-hydrogen) atoms. The molecule has 1 aliphatic rings. The highest BCUT2D eigenvalue weighted by molar-refractivity contribution is 6.20. The monoisotopic (exact) mass is 292 g/mol. The van der Waals surface area contributed by atoms with E-state index >= 15 is 0 Å². The number of benzene rings is 2. The first-order valence-corrected chi connectivity index (χ1v) is 7.06. The van der Waals surface area contributed by atoms with Crippen LogP contribution in [0.5, 0.6) is 0 Å². The predicted molar refractivity (Wildman–Crippen MR) is 83.8 cm³/mol. The molecule has 2 heterocycles. The number of nitrogens with one attached hydrogen (secondary N) is 1. The van der Waals surface area contributed by atoms with Crippen molar-refractivity contribution in [1.29, 1.82) is 0 Å². The van der Waals surface area contributed by atoms with Crippen LogP contribution in [0.25, 0.3) is 21.8 Å². The topological polar surface area (TPSA) is 70.2 Å². The van der Waals surface area contributed by atoms with Gasteiger partial charge in [-0.3, -0.25) is 19.3 Å². The maximum Gasteiger partial charge on any atom is 0.234 e. The summed E-state index contributed by atoms with van der Waals surface area (Å²) in [5.41, 5.74) is 1.80. The number of rotatable bonds is 1. The molecule has 1 saturated heterocycles. The lowest BCUT2D eigenvalue weighted by Gasteiger charge is -2.14. The molecular weight excluding hydrogens is 280 g/mol. The van der Waals surface area contributed by atoms with Crippen LogP contribution >= 0.6 is 0 Å². The van der Waals surface area contributed by atoms with E-state index in [1.807, 2.05) is 12.1 Å². The molecule has 3 aromatic rings. The van der Waals surface area contributed by atoms with Crippen molar-refractivity contribution in [1.82, 2.24) is 4.98 Å². The van der Waals surface area contributed by atoms with Gasteiger partial charge in [0, 0.05) is 34.6 Å². The second kappa shape index (κ2) is 4.53. The molecule has 1 aromatic heterocycles. The van der Waals surface area contributed by atoms with Crippen LogP contribution in [0.4, 0.5) is 5.69 Å². The Kier molecular flexibility index (Phi) is 2.63. The molecule has 0 saturated carbocycles. The molecule has 0 bridgehead atoms. The second-order valence-electron chi connectivity index (χ2n) is 5.35. The molecule has 2 aromatic carbocycles. The summed E-state index contributed by atoms with van der Waals surface area (Å²) in [4.78, 5) is 40.6. The van der Waals surface area contributed by atoms with E-state index < -0.39 is 0 Å². The molecule has 0 atom stereocenters. The average Bonchev–Trinajstić information content (AvgIpc) is 2.86. The highest BCUT2D eigenvalue weighted by Gasteiger charge is 2.30. The third-order valence-electron chi connectivity index (χ3n) is 4.00. The molecular formula is C17H12N2O3. The van der Waals surface area contributed by atoms with Gasteiger partial charge >= 0.3 is 0 Å². The van der Waals surface area contributed by atoms with Crippen LogP contribution in [0.3, 0.4) is 0 Å². The number of hydrogen-bond acceptors (Lipinski definition) is 3. The fraction of sp³-hybridized carbons (Fsp3) is 0.118. The number of hydrogen-bond donors (Lipinski definition) is 1. The van der Waals surface area contributed by atoms with Crippen molar-refractivity contribution in [3.8, 4) is 0 Å². The van der Waals surface area contributed by atoms with Crippen molar-refractivity contribution in [3.05, 3.63) is 52.7 Å². The number of imide groups is 1. The van der Waals surface area contributed by atoms with E-state index in [4.69, 9.17) is 0 Å². The Labute approximate surface area is 125 Å². The van der Waals surface area contributed by atoms with Crippen molar-refractivity contribution >= 4 is 39.3 Å². The predicted octanol–water partition coefficient (Wildman–Crippen LogP) is 2.33. The van der Waals surface area contributed by atoms with E-state index in [1.54, 1.807) is 30.3 Å². The summed E-state index contributed by atoms with van der Waals surface area (Å²) in [5, 5.41) is 1.06. The summed E-state index contributed by atoms with van der Waals surface area (Å²) in [6.45, 7) is 0. The molecule has 1 aliphatic heterocycles. The third kappa shape index (κ3) is 1.75. The second-order valence-corrected chi connectivity index (χ2v) is 5.35.